The minimum absolute atomic E-state index is 0.625. The fraction of sp³-hybridized carbons (Fsp3) is 0.250. The van der Waals surface area contributed by atoms with Gasteiger partial charge in [-0.15, -0.1) is 0 Å². The van der Waals surface area contributed by atoms with Crippen molar-refractivity contribution < 1.29 is 9.84 Å². The summed E-state index contributed by atoms with van der Waals surface area (Å²) in [5.41, 5.74) is 1.77. The fourth-order valence-electron chi connectivity index (χ4n) is 1.89. The van der Waals surface area contributed by atoms with Crippen molar-refractivity contribution in [3.63, 3.8) is 0 Å². The van der Waals surface area contributed by atoms with Crippen LogP contribution in [0.15, 0.2) is 46.9 Å². The van der Waals surface area contributed by atoms with Gasteiger partial charge in [-0.3, -0.25) is 0 Å². The molecule has 0 amide bonds. The molecule has 0 aliphatic rings. The second-order valence-electron chi connectivity index (χ2n) is 4.46. The van der Waals surface area contributed by atoms with Gasteiger partial charge in [0, 0.05) is 3.57 Å². The molecule has 0 bridgehead atoms. The second-order valence-corrected chi connectivity index (χ2v) is 6.48. The summed E-state index contributed by atoms with van der Waals surface area (Å²) < 4.78 is 7.54. The summed E-state index contributed by atoms with van der Waals surface area (Å²) in [6.07, 6.45) is 0.346. The predicted molar refractivity (Wildman–Crippen MR) is 93.1 cm³/mol. The molecule has 0 aliphatic heterocycles. The number of aliphatic hydroxyl groups excluding tert-OH is 1. The van der Waals surface area contributed by atoms with E-state index in [1.807, 2.05) is 42.5 Å². The van der Waals surface area contributed by atoms with Crippen LogP contribution in [0.5, 0.6) is 5.75 Å². The summed E-state index contributed by atoms with van der Waals surface area (Å²) in [5, 5.41) is 10.5. The molecule has 0 aliphatic carbocycles. The van der Waals surface area contributed by atoms with Crippen LogP contribution in [0.3, 0.4) is 0 Å². The minimum atomic E-state index is -0.625. The third kappa shape index (κ3) is 3.74. The van der Waals surface area contributed by atoms with Crippen molar-refractivity contribution in [2.24, 2.45) is 0 Å². The van der Waals surface area contributed by atoms with E-state index in [1.165, 1.54) is 0 Å². The van der Waals surface area contributed by atoms with Gasteiger partial charge in [-0.2, -0.15) is 0 Å². The Kier molecular flexibility index (Phi) is 5.86. The molecule has 1 atom stereocenters. The normalized spacial score (nSPS) is 12.2. The molecule has 0 saturated heterocycles. The quantitative estimate of drug-likeness (QED) is 0.660. The molecule has 1 N–H and O–H groups in total. The highest BCUT2D eigenvalue weighted by Gasteiger charge is 2.14. The average Bonchev–Trinajstić information content (AvgIpc) is 2.46. The molecule has 106 valence electrons. The van der Waals surface area contributed by atoms with Gasteiger partial charge in [-0.25, -0.2) is 0 Å². The van der Waals surface area contributed by atoms with Gasteiger partial charge >= 0.3 is 0 Å². The second kappa shape index (κ2) is 7.43. The summed E-state index contributed by atoms with van der Waals surface area (Å²) in [6, 6.07) is 13.6. The van der Waals surface area contributed by atoms with Gasteiger partial charge in [0.25, 0.3) is 0 Å². The lowest BCUT2D eigenvalue weighted by molar-refractivity contribution is 0.219. The van der Waals surface area contributed by atoms with Crippen LogP contribution in [-0.2, 0) is 0 Å². The Bertz CT molecular complexity index is 586. The van der Waals surface area contributed by atoms with E-state index >= 15 is 0 Å². The third-order valence-electron chi connectivity index (χ3n) is 2.93. The maximum absolute atomic E-state index is 10.5. The van der Waals surface area contributed by atoms with Crippen LogP contribution >= 0.6 is 38.5 Å². The molecule has 2 aromatic carbocycles. The molecule has 1 unspecified atom stereocenters. The van der Waals surface area contributed by atoms with Gasteiger partial charge in [0.15, 0.2) is 0 Å². The molecule has 4 heteroatoms. The van der Waals surface area contributed by atoms with Gasteiger partial charge < -0.3 is 9.84 Å². The SMILES string of the molecule is CCCOc1ccc(C(O)c2ccccc2I)cc1Br. The Morgan fingerprint density at radius 3 is 2.65 bits per heavy atom. The van der Waals surface area contributed by atoms with Gasteiger partial charge in [0.2, 0.25) is 0 Å². The maximum atomic E-state index is 10.5. The average molecular weight is 447 g/mol. The van der Waals surface area contributed by atoms with Crippen molar-refractivity contribution in [1.29, 1.82) is 0 Å². The largest absolute Gasteiger partial charge is 0.492 e. The summed E-state index contributed by atoms with van der Waals surface area (Å²) >= 11 is 5.74. The van der Waals surface area contributed by atoms with Crippen molar-refractivity contribution in [2.45, 2.75) is 19.4 Å². The van der Waals surface area contributed by atoms with E-state index in [1.54, 1.807) is 0 Å². The summed E-state index contributed by atoms with van der Waals surface area (Å²) in [7, 11) is 0. The zero-order chi connectivity index (χ0) is 14.5. The van der Waals surface area contributed by atoms with Crippen LogP contribution in [0.4, 0.5) is 0 Å². The van der Waals surface area contributed by atoms with Crippen molar-refractivity contribution in [3.8, 4) is 5.75 Å². The molecule has 20 heavy (non-hydrogen) atoms. The predicted octanol–water partition coefficient (Wildman–Crippen LogP) is 4.92. The first-order valence-corrected chi connectivity index (χ1v) is 8.35. The molecule has 0 spiro atoms. The number of ether oxygens (including phenoxy) is 1. The molecule has 2 rings (SSSR count). The Hall–Kier alpha value is -0.590. The molecule has 0 radical (unpaired) electrons. The number of benzene rings is 2. The van der Waals surface area contributed by atoms with Crippen molar-refractivity contribution in [3.05, 3.63) is 61.6 Å². The zero-order valence-electron chi connectivity index (χ0n) is 11.1. The van der Waals surface area contributed by atoms with E-state index < -0.39 is 6.10 Å². The molecular formula is C16H16BrIO2. The zero-order valence-corrected chi connectivity index (χ0v) is 14.9. The number of hydrogen-bond donors (Lipinski definition) is 1. The smallest absolute Gasteiger partial charge is 0.133 e. The number of halogens is 2. The van der Waals surface area contributed by atoms with Crippen LogP contribution in [0.1, 0.15) is 30.6 Å². The lowest BCUT2D eigenvalue weighted by Gasteiger charge is -2.15. The van der Waals surface area contributed by atoms with Crippen molar-refractivity contribution >= 4 is 38.5 Å². The molecule has 0 saturated carbocycles. The van der Waals surface area contributed by atoms with E-state index in [2.05, 4.69) is 45.4 Å². The Labute approximate surface area is 141 Å². The lowest BCUT2D eigenvalue weighted by atomic mass is 10.0. The standard InChI is InChI=1S/C16H16BrIO2/c1-2-9-20-15-8-7-11(10-13(15)17)16(19)12-5-3-4-6-14(12)18/h3-8,10,16,19H,2,9H2,1H3. The number of rotatable bonds is 5. The molecule has 2 nitrogen and oxygen atoms in total. The van der Waals surface area contributed by atoms with E-state index in [-0.39, 0.29) is 0 Å². The van der Waals surface area contributed by atoms with E-state index in [4.69, 9.17) is 4.74 Å². The van der Waals surface area contributed by atoms with Gasteiger partial charge in [-0.05, 0) is 74.3 Å². The monoisotopic (exact) mass is 446 g/mol. The fourth-order valence-corrected chi connectivity index (χ4v) is 3.09. The Balaban J connectivity index is 2.25. The van der Waals surface area contributed by atoms with Crippen LogP contribution < -0.4 is 4.74 Å². The first-order chi connectivity index (χ1) is 9.63. The van der Waals surface area contributed by atoms with Gasteiger partial charge in [0.1, 0.15) is 11.9 Å². The Morgan fingerprint density at radius 2 is 2.00 bits per heavy atom. The minimum Gasteiger partial charge on any atom is -0.492 e. The van der Waals surface area contributed by atoms with E-state index in [9.17, 15) is 5.11 Å². The third-order valence-corrected chi connectivity index (χ3v) is 4.54. The molecule has 0 heterocycles. The van der Waals surface area contributed by atoms with Crippen LogP contribution in [0, 0.1) is 3.57 Å². The first kappa shape index (κ1) is 15.8. The molecule has 0 aromatic heterocycles. The maximum Gasteiger partial charge on any atom is 0.133 e. The van der Waals surface area contributed by atoms with Crippen molar-refractivity contribution in [2.75, 3.05) is 6.61 Å². The highest BCUT2D eigenvalue weighted by atomic mass is 127. The van der Waals surface area contributed by atoms with E-state index in [0.717, 1.165) is 31.3 Å². The lowest BCUT2D eigenvalue weighted by Crippen LogP contribution is -2.03. The van der Waals surface area contributed by atoms with Crippen LogP contribution in [-0.4, -0.2) is 11.7 Å². The highest BCUT2D eigenvalue weighted by Crippen LogP contribution is 2.32. The number of aliphatic hydroxyl groups is 1. The van der Waals surface area contributed by atoms with Gasteiger partial charge in [0.05, 0.1) is 11.1 Å². The Morgan fingerprint density at radius 1 is 1.25 bits per heavy atom. The van der Waals surface area contributed by atoms with Crippen LogP contribution in [0.2, 0.25) is 0 Å². The van der Waals surface area contributed by atoms with Gasteiger partial charge in [-0.1, -0.05) is 31.2 Å². The molecule has 2 aromatic rings. The molecule has 0 fully saturated rings. The molecular weight excluding hydrogens is 431 g/mol. The summed E-state index contributed by atoms with van der Waals surface area (Å²) in [5.74, 6) is 0.811. The van der Waals surface area contributed by atoms with Crippen LogP contribution in [0.25, 0.3) is 0 Å². The highest BCUT2D eigenvalue weighted by molar-refractivity contribution is 14.1. The summed E-state index contributed by atoms with van der Waals surface area (Å²) in [4.78, 5) is 0. The first-order valence-electron chi connectivity index (χ1n) is 6.48. The number of hydrogen-bond acceptors (Lipinski definition) is 2. The topological polar surface area (TPSA) is 29.5 Å². The van der Waals surface area contributed by atoms with Crippen molar-refractivity contribution in [1.82, 2.24) is 0 Å². The summed E-state index contributed by atoms with van der Waals surface area (Å²) in [6.45, 7) is 2.76. The van der Waals surface area contributed by atoms with E-state index in [0.29, 0.717) is 6.61 Å².